The Morgan fingerprint density at radius 1 is 1.16 bits per heavy atom. The number of fused-ring (bicyclic) bond motifs is 5. The minimum atomic E-state index is -3.34. The topological polar surface area (TPSA) is 87.7 Å². The summed E-state index contributed by atoms with van der Waals surface area (Å²) in [5.74, 6) is 0. The lowest BCUT2D eigenvalue weighted by Crippen LogP contribution is -2.42. The van der Waals surface area contributed by atoms with E-state index < -0.39 is 15.6 Å². The standard InChI is InChI=1S/C18H22N4O2S/c1-18(2,22-25(3,23)24)17-12-7-5-4-6-11(12)16-13-10-19-21-14(13)8-9-15(16)20-17/h8-10,22H,4-7H2,1-3H3,(H,19,21). The minimum absolute atomic E-state index is 0.755. The van der Waals surface area contributed by atoms with Crippen LogP contribution in [0.4, 0.5) is 0 Å². The third-order valence-corrected chi connectivity index (χ3v) is 5.80. The van der Waals surface area contributed by atoms with Gasteiger partial charge in [-0.25, -0.2) is 13.1 Å². The number of nitrogens with zero attached hydrogens (tertiary/aromatic N) is 2. The highest BCUT2D eigenvalue weighted by atomic mass is 32.2. The Hall–Kier alpha value is -1.99. The van der Waals surface area contributed by atoms with E-state index in [0.29, 0.717) is 0 Å². The lowest BCUT2D eigenvalue weighted by Gasteiger charge is -2.31. The molecule has 0 atom stereocenters. The molecule has 0 fully saturated rings. The van der Waals surface area contributed by atoms with Crippen molar-refractivity contribution in [2.45, 2.75) is 45.1 Å². The van der Waals surface area contributed by atoms with Crippen molar-refractivity contribution in [1.82, 2.24) is 19.9 Å². The summed E-state index contributed by atoms with van der Waals surface area (Å²) in [6.45, 7) is 3.76. The molecule has 2 heterocycles. The molecule has 0 aliphatic heterocycles. The van der Waals surface area contributed by atoms with Crippen molar-refractivity contribution in [2.24, 2.45) is 0 Å². The van der Waals surface area contributed by atoms with Gasteiger partial charge in [0.2, 0.25) is 10.0 Å². The largest absolute Gasteiger partial charge is 0.278 e. The minimum Gasteiger partial charge on any atom is -0.278 e. The first-order valence-electron chi connectivity index (χ1n) is 8.53. The molecular formula is C18H22N4O2S. The van der Waals surface area contributed by atoms with Crippen molar-refractivity contribution in [3.8, 4) is 0 Å². The fourth-order valence-corrected chi connectivity index (χ4v) is 5.10. The van der Waals surface area contributed by atoms with Crippen LogP contribution >= 0.6 is 0 Å². The number of aromatic nitrogens is 3. The van der Waals surface area contributed by atoms with Gasteiger partial charge in [-0.1, -0.05) is 0 Å². The van der Waals surface area contributed by atoms with Gasteiger partial charge in [0.15, 0.2) is 0 Å². The van der Waals surface area contributed by atoms with E-state index in [2.05, 4.69) is 14.9 Å². The van der Waals surface area contributed by atoms with E-state index in [1.165, 1.54) is 17.4 Å². The summed E-state index contributed by atoms with van der Waals surface area (Å²) in [5.41, 5.74) is 4.46. The smallest absolute Gasteiger partial charge is 0.209 e. The van der Waals surface area contributed by atoms with Gasteiger partial charge >= 0.3 is 0 Å². The number of benzene rings is 1. The summed E-state index contributed by atoms with van der Waals surface area (Å²) in [5, 5.41) is 9.44. The van der Waals surface area contributed by atoms with Crippen molar-refractivity contribution in [3.05, 3.63) is 35.2 Å². The molecule has 6 nitrogen and oxygen atoms in total. The van der Waals surface area contributed by atoms with Gasteiger partial charge in [0.05, 0.1) is 34.7 Å². The molecule has 0 amide bonds. The fraction of sp³-hybridized carbons (Fsp3) is 0.444. The Morgan fingerprint density at radius 2 is 1.88 bits per heavy atom. The average Bonchev–Trinajstić information content (AvgIpc) is 3.00. The van der Waals surface area contributed by atoms with E-state index in [4.69, 9.17) is 4.98 Å². The van der Waals surface area contributed by atoms with Gasteiger partial charge in [0.1, 0.15) is 0 Å². The molecule has 132 valence electrons. The zero-order valence-corrected chi connectivity index (χ0v) is 15.5. The Kier molecular flexibility index (Phi) is 3.63. The molecule has 0 bridgehead atoms. The molecule has 0 radical (unpaired) electrons. The first-order chi connectivity index (χ1) is 11.8. The molecule has 1 aromatic carbocycles. The Morgan fingerprint density at radius 3 is 2.60 bits per heavy atom. The van der Waals surface area contributed by atoms with Gasteiger partial charge in [-0.05, 0) is 62.8 Å². The highest BCUT2D eigenvalue weighted by Crippen LogP contribution is 2.37. The van der Waals surface area contributed by atoms with E-state index in [0.717, 1.165) is 53.2 Å². The molecule has 4 rings (SSSR count). The van der Waals surface area contributed by atoms with Crippen LogP contribution in [0.15, 0.2) is 18.3 Å². The summed E-state index contributed by atoms with van der Waals surface area (Å²) in [7, 11) is -3.34. The van der Waals surface area contributed by atoms with Crippen LogP contribution in [0.5, 0.6) is 0 Å². The third-order valence-electron chi connectivity index (χ3n) is 4.92. The number of pyridine rings is 1. The second kappa shape index (κ2) is 5.51. The summed E-state index contributed by atoms with van der Waals surface area (Å²) >= 11 is 0. The zero-order valence-electron chi connectivity index (χ0n) is 14.7. The van der Waals surface area contributed by atoms with Crippen LogP contribution in [0, 0.1) is 0 Å². The van der Waals surface area contributed by atoms with Crippen molar-refractivity contribution < 1.29 is 8.42 Å². The maximum absolute atomic E-state index is 11.8. The zero-order chi connectivity index (χ0) is 17.8. The summed E-state index contributed by atoms with van der Waals surface area (Å²) in [4.78, 5) is 4.91. The Balaban J connectivity index is 2.05. The van der Waals surface area contributed by atoms with Crippen molar-refractivity contribution >= 4 is 31.8 Å². The van der Waals surface area contributed by atoms with E-state index >= 15 is 0 Å². The van der Waals surface area contributed by atoms with Gasteiger partial charge < -0.3 is 0 Å². The molecule has 7 heteroatoms. The van der Waals surface area contributed by atoms with Gasteiger partial charge in [-0.15, -0.1) is 0 Å². The van der Waals surface area contributed by atoms with Crippen LogP contribution in [0.2, 0.25) is 0 Å². The second-order valence-corrected chi connectivity index (χ2v) is 9.16. The first-order valence-corrected chi connectivity index (χ1v) is 10.4. The van der Waals surface area contributed by atoms with Crippen molar-refractivity contribution in [1.29, 1.82) is 0 Å². The predicted molar refractivity (Wildman–Crippen MR) is 99.0 cm³/mol. The van der Waals surface area contributed by atoms with Crippen LogP contribution in [0.1, 0.15) is 43.5 Å². The Labute approximate surface area is 147 Å². The molecule has 3 aromatic rings. The van der Waals surface area contributed by atoms with Crippen LogP contribution in [-0.4, -0.2) is 29.9 Å². The van der Waals surface area contributed by atoms with Gasteiger partial charge in [-0.3, -0.25) is 10.1 Å². The maximum atomic E-state index is 11.8. The van der Waals surface area contributed by atoms with Crippen LogP contribution in [0.25, 0.3) is 21.8 Å². The lowest BCUT2D eigenvalue weighted by molar-refractivity contribution is 0.456. The number of nitrogens with one attached hydrogen (secondary N) is 2. The molecule has 0 unspecified atom stereocenters. The predicted octanol–water partition coefficient (Wildman–Crippen LogP) is 2.77. The average molecular weight is 358 g/mol. The third kappa shape index (κ3) is 2.81. The molecule has 0 saturated heterocycles. The fourth-order valence-electron chi connectivity index (χ4n) is 4.08. The van der Waals surface area contributed by atoms with Gasteiger partial charge in [0, 0.05) is 10.8 Å². The molecule has 0 spiro atoms. The van der Waals surface area contributed by atoms with E-state index in [-0.39, 0.29) is 0 Å². The van der Waals surface area contributed by atoms with Crippen LogP contribution < -0.4 is 4.72 Å². The number of rotatable bonds is 3. The number of aromatic amines is 1. The van der Waals surface area contributed by atoms with Crippen molar-refractivity contribution in [3.63, 3.8) is 0 Å². The summed E-state index contributed by atoms with van der Waals surface area (Å²) < 4.78 is 26.4. The maximum Gasteiger partial charge on any atom is 0.209 e. The SMILES string of the molecule is CC(C)(NS(C)(=O)=O)c1nc2ccc3[nH]ncc3c2c2c1CCCC2. The highest BCUT2D eigenvalue weighted by Gasteiger charge is 2.32. The second-order valence-electron chi connectivity index (χ2n) is 7.41. The molecule has 25 heavy (non-hydrogen) atoms. The normalized spacial score (nSPS) is 15.6. The van der Waals surface area contributed by atoms with Crippen LogP contribution in [-0.2, 0) is 28.4 Å². The molecular weight excluding hydrogens is 336 g/mol. The summed E-state index contributed by atoms with van der Waals surface area (Å²) in [6, 6.07) is 3.97. The first kappa shape index (κ1) is 16.5. The molecule has 1 aliphatic rings. The molecule has 2 aromatic heterocycles. The van der Waals surface area contributed by atoms with Gasteiger partial charge in [-0.2, -0.15) is 5.10 Å². The highest BCUT2D eigenvalue weighted by molar-refractivity contribution is 7.88. The Bertz CT molecular complexity index is 1080. The number of aryl methyl sites for hydroxylation is 1. The summed E-state index contributed by atoms with van der Waals surface area (Å²) in [6.07, 6.45) is 7.20. The van der Waals surface area contributed by atoms with Crippen molar-refractivity contribution in [2.75, 3.05) is 6.26 Å². The van der Waals surface area contributed by atoms with Crippen LogP contribution in [0.3, 0.4) is 0 Å². The molecule has 1 aliphatic carbocycles. The number of sulfonamides is 1. The lowest BCUT2D eigenvalue weighted by atomic mass is 9.83. The number of hydrogen-bond acceptors (Lipinski definition) is 4. The van der Waals surface area contributed by atoms with Gasteiger partial charge in [0.25, 0.3) is 0 Å². The number of H-pyrrole nitrogens is 1. The van der Waals surface area contributed by atoms with E-state index in [1.54, 1.807) is 0 Å². The number of hydrogen-bond donors (Lipinski definition) is 2. The quantitative estimate of drug-likeness (QED) is 0.753. The molecule has 2 N–H and O–H groups in total. The molecule has 0 saturated carbocycles. The van der Waals surface area contributed by atoms with E-state index in [1.807, 2.05) is 32.2 Å². The monoisotopic (exact) mass is 358 g/mol. The van der Waals surface area contributed by atoms with E-state index in [9.17, 15) is 8.42 Å².